The number of ether oxygens (including phenoxy) is 3. The van der Waals surface area contributed by atoms with Crippen molar-refractivity contribution in [2.24, 2.45) is 0 Å². The Labute approximate surface area is 276 Å². The molecule has 0 radical (unpaired) electrons. The number of methoxy groups -OCH3 is 2. The molecule has 232 valence electrons. The number of pyridine rings is 1. The van der Waals surface area contributed by atoms with E-state index >= 15 is 0 Å². The van der Waals surface area contributed by atoms with E-state index in [0.717, 1.165) is 73.4 Å². The Morgan fingerprint density at radius 1 is 0.717 bits per heavy atom. The van der Waals surface area contributed by atoms with Crippen molar-refractivity contribution in [3.8, 4) is 28.5 Å². The summed E-state index contributed by atoms with van der Waals surface area (Å²) in [5, 5.41) is 0. The number of unbranched alkanes of at least 4 members (excludes halogenated alkanes) is 1. The van der Waals surface area contributed by atoms with Crippen LogP contribution in [0.3, 0.4) is 0 Å². The Morgan fingerprint density at radius 3 is 2.02 bits per heavy atom. The van der Waals surface area contributed by atoms with Crippen molar-refractivity contribution in [3.63, 3.8) is 0 Å². The minimum atomic E-state index is 0.688. The van der Waals surface area contributed by atoms with E-state index in [4.69, 9.17) is 24.2 Å². The third-order valence-corrected chi connectivity index (χ3v) is 8.22. The second kappa shape index (κ2) is 14.3. The number of para-hydroxylation sites is 1. The van der Waals surface area contributed by atoms with E-state index in [0.29, 0.717) is 23.9 Å². The number of nitrogens with zero attached hydrogens (tertiary/aromatic N) is 3. The first kappa shape index (κ1) is 30.9. The van der Waals surface area contributed by atoms with E-state index in [1.54, 1.807) is 20.4 Å². The molecule has 6 heterocycles. The molecule has 2 aliphatic rings. The van der Waals surface area contributed by atoms with E-state index < -0.39 is 0 Å². The Bertz CT molecular complexity index is 2040. The lowest BCUT2D eigenvalue weighted by Gasteiger charge is -2.13. The van der Waals surface area contributed by atoms with Crippen LogP contribution in [0, 0.1) is 0 Å². The Balaban J connectivity index is 0.000000210. The minimum absolute atomic E-state index is 0.688. The summed E-state index contributed by atoms with van der Waals surface area (Å²) in [7, 11) is 3.25. The van der Waals surface area contributed by atoms with Crippen molar-refractivity contribution >= 4 is 62.3 Å². The second-order valence-electron chi connectivity index (χ2n) is 10.6. The van der Waals surface area contributed by atoms with Crippen LogP contribution in [0.4, 0.5) is 0 Å². The molecule has 0 spiro atoms. The first-order chi connectivity index (χ1) is 22.6. The van der Waals surface area contributed by atoms with Crippen LogP contribution in [0.25, 0.3) is 57.6 Å². The molecular weight excluding hydrogens is 642 g/mol. The first-order valence-corrected chi connectivity index (χ1v) is 15.9. The lowest BCUT2D eigenvalue weighted by atomic mass is 10.1. The summed E-state index contributed by atoms with van der Waals surface area (Å²) in [5.41, 5.74) is 9.24. The van der Waals surface area contributed by atoms with Gasteiger partial charge in [0.15, 0.2) is 11.5 Å². The SMILES string of the molecule is Brc1c2nc(cc3ccc([nH]3)c(-c3ccccn3)c3nc(cc4ccc1[nH]4)C=C3)C=C2.CCCCOc1c(OC)cccc1OC. The minimum Gasteiger partial charge on any atom is -0.493 e. The standard InChI is InChI=1S/C25H16BrN5.C12H18O3/c26-25-22-10-6-17(30-22)13-15-4-8-20(28-15)24(19-3-1-2-12-27-19)21-9-5-16(29-21)14-18-7-11-23(25)31-18;1-4-5-9-15-12-10(13-2)7-6-8-11(12)14-3/h1-14,28,31H;6-8H,4-5,9H2,1-3H3. The fourth-order valence-corrected chi connectivity index (χ4v) is 5.55. The zero-order valence-electron chi connectivity index (χ0n) is 25.9. The Hall–Kier alpha value is -5.15. The van der Waals surface area contributed by atoms with Crippen LogP contribution < -0.4 is 14.2 Å². The van der Waals surface area contributed by atoms with Crippen molar-refractivity contribution in [2.45, 2.75) is 19.8 Å². The highest BCUT2D eigenvalue weighted by Gasteiger charge is 2.13. The van der Waals surface area contributed by atoms with Crippen LogP contribution in [0.15, 0.2) is 83.5 Å². The molecular formula is C37H34BrN5O3. The highest BCUT2D eigenvalue weighted by atomic mass is 79.9. The van der Waals surface area contributed by atoms with Crippen molar-refractivity contribution < 1.29 is 14.2 Å². The van der Waals surface area contributed by atoms with Crippen LogP contribution in [0.5, 0.6) is 17.2 Å². The number of fused-ring (bicyclic) bond motifs is 8. The Morgan fingerprint density at radius 2 is 1.37 bits per heavy atom. The normalized spacial score (nSPS) is 11.6. The van der Waals surface area contributed by atoms with Gasteiger partial charge in [-0.3, -0.25) is 4.98 Å². The lowest BCUT2D eigenvalue weighted by Crippen LogP contribution is -2.00. The zero-order valence-corrected chi connectivity index (χ0v) is 27.5. The fraction of sp³-hybridized carbons (Fsp3) is 0.162. The molecule has 0 atom stereocenters. The van der Waals surface area contributed by atoms with Gasteiger partial charge in [-0.25, -0.2) is 9.97 Å². The van der Waals surface area contributed by atoms with Gasteiger partial charge in [-0.1, -0.05) is 25.5 Å². The summed E-state index contributed by atoms with van der Waals surface area (Å²) in [6.45, 7) is 2.82. The van der Waals surface area contributed by atoms with E-state index in [2.05, 4.69) is 49.9 Å². The number of rotatable bonds is 7. The molecule has 5 aromatic rings. The fourth-order valence-electron chi connectivity index (χ4n) is 5.10. The average molecular weight is 677 g/mol. The van der Waals surface area contributed by atoms with Gasteiger partial charge in [-0.05, 0) is 107 Å². The van der Waals surface area contributed by atoms with E-state index in [1.807, 2.05) is 85.0 Å². The maximum absolute atomic E-state index is 5.64. The lowest BCUT2D eigenvalue weighted by molar-refractivity contribution is 0.270. The average Bonchev–Trinajstić information content (AvgIpc) is 3.91. The molecule has 7 rings (SSSR count). The van der Waals surface area contributed by atoms with Crippen molar-refractivity contribution in [1.29, 1.82) is 0 Å². The molecule has 0 fully saturated rings. The third-order valence-electron chi connectivity index (χ3n) is 7.38. The summed E-state index contributed by atoms with van der Waals surface area (Å²) >= 11 is 3.69. The van der Waals surface area contributed by atoms with Crippen LogP contribution >= 0.6 is 15.9 Å². The van der Waals surface area contributed by atoms with E-state index in [9.17, 15) is 0 Å². The summed E-state index contributed by atoms with van der Waals surface area (Å²) in [6.07, 6.45) is 12.0. The van der Waals surface area contributed by atoms with Gasteiger partial charge in [0.2, 0.25) is 5.75 Å². The molecule has 0 amide bonds. The number of hydrogen-bond acceptors (Lipinski definition) is 6. The number of aromatic amines is 2. The first-order valence-electron chi connectivity index (χ1n) is 15.1. The van der Waals surface area contributed by atoms with E-state index in [1.165, 1.54) is 0 Å². The van der Waals surface area contributed by atoms with Crippen molar-refractivity contribution in [2.75, 3.05) is 20.8 Å². The number of H-pyrrole nitrogens is 2. The molecule has 4 aromatic heterocycles. The van der Waals surface area contributed by atoms with Gasteiger partial charge in [0, 0.05) is 22.8 Å². The van der Waals surface area contributed by atoms with Gasteiger partial charge >= 0.3 is 0 Å². The van der Waals surface area contributed by atoms with Gasteiger partial charge < -0.3 is 24.2 Å². The molecule has 46 heavy (non-hydrogen) atoms. The van der Waals surface area contributed by atoms with Gasteiger partial charge in [0.05, 0.1) is 64.8 Å². The molecule has 2 aliphatic heterocycles. The predicted molar refractivity (Wildman–Crippen MR) is 190 cm³/mol. The molecule has 2 N–H and O–H groups in total. The summed E-state index contributed by atoms with van der Waals surface area (Å²) in [5.74, 6) is 2.12. The molecule has 0 saturated carbocycles. The van der Waals surface area contributed by atoms with Crippen molar-refractivity contribution in [3.05, 3.63) is 106 Å². The molecule has 0 aliphatic carbocycles. The monoisotopic (exact) mass is 675 g/mol. The van der Waals surface area contributed by atoms with Crippen LogP contribution in [-0.2, 0) is 0 Å². The van der Waals surface area contributed by atoms with E-state index in [-0.39, 0.29) is 0 Å². The summed E-state index contributed by atoms with van der Waals surface area (Å²) in [6, 6.07) is 23.8. The third kappa shape index (κ3) is 6.89. The molecule has 1 aromatic carbocycles. The second-order valence-corrected chi connectivity index (χ2v) is 11.3. The molecule has 0 unspecified atom stereocenters. The van der Waals surface area contributed by atoms with Gasteiger partial charge in [-0.15, -0.1) is 0 Å². The number of nitrogens with one attached hydrogen (secondary N) is 2. The van der Waals surface area contributed by atoms with Crippen LogP contribution in [0.1, 0.15) is 42.5 Å². The van der Waals surface area contributed by atoms with Gasteiger partial charge in [0.25, 0.3) is 0 Å². The van der Waals surface area contributed by atoms with Gasteiger partial charge in [-0.2, -0.15) is 0 Å². The maximum atomic E-state index is 5.64. The summed E-state index contributed by atoms with van der Waals surface area (Å²) in [4.78, 5) is 21.2. The molecule has 8 bridgehead atoms. The summed E-state index contributed by atoms with van der Waals surface area (Å²) < 4.78 is 17.0. The van der Waals surface area contributed by atoms with Crippen LogP contribution in [0.2, 0.25) is 0 Å². The maximum Gasteiger partial charge on any atom is 0.203 e. The number of benzene rings is 1. The largest absolute Gasteiger partial charge is 0.493 e. The van der Waals surface area contributed by atoms with Crippen molar-refractivity contribution in [1.82, 2.24) is 24.9 Å². The quantitative estimate of drug-likeness (QED) is 0.163. The predicted octanol–water partition coefficient (Wildman–Crippen LogP) is 9.36. The highest BCUT2D eigenvalue weighted by molar-refractivity contribution is 9.10. The number of hydrogen-bond donors (Lipinski definition) is 2. The highest BCUT2D eigenvalue weighted by Crippen LogP contribution is 2.37. The molecule has 8 nitrogen and oxygen atoms in total. The number of aromatic nitrogens is 5. The zero-order chi connectivity index (χ0) is 31.9. The number of halogens is 1. The van der Waals surface area contributed by atoms with Crippen LogP contribution in [-0.4, -0.2) is 45.7 Å². The Kier molecular flexibility index (Phi) is 9.59. The van der Waals surface area contributed by atoms with Gasteiger partial charge in [0.1, 0.15) is 0 Å². The smallest absolute Gasteiger partial charge is 0.203 e. The molecule has 0 saturated heterocycles. The molecule has 9 heteroatoms. The topological polar surface area (TPSA) is 97.9 Å².